The minimum atomic E-state index is -0.134. The lowest BCUT2D eigenvalue weighted by atomic mass is 9.79. The zero-order valence-corrected chi connectivity index (χ0v) is 36.2. The van der Waals surface area contributed by atoms with Crippen LogP contribution in [0.15, 0.2) is 200 Å². The predicted octanol–water partition coefficient (Wildman–Crippen LogP) is 17.1. The molecular weight excluding hydrogens is 767 g/mol. The molecular formula is C60H45NS. The van der Waals surface area contributed by atoms with Crippen LogP contribution in [-0.2, 0) is 10.8 Å². The van der Waals surface area contributed by atoms with Crippen LogP contribution >= 0.6 is 11.3 Å². The highest BCUT2D eigenvalue weighted by molar-refractivity contribution is 7.26. The first kappa shape index (κ1) is 36.8. The Morgan fingerprint density at radius 3 is 1.68 bits per heavy atom. The van der Waals surface area contributed by atoms with Gasteiger partial charge in [-0.2, -0.15) is 0 Å². The predicted molar refractivity (Wildman–Crippen MR) is 265 cm³/mol. The Kier molecular flexibility index (Phi) is 8.17. The van der Waals surface area contributed by atoms with Crippen LogP contribution in [0.1, 0.15) is 49.9 Å². The van der Waals surface area contributed by atoms with Gasteiger partial charge in [0.1, 0.15) is 0 Å². The molecule has 0 aliphatic heterocycles. The van der Waals surface area contributed by atoms with Gasteiger partial charge in [0.2, 0.25) is 0 Å². The number of hydrogen-bond acceptors (Lipinski definition) is 2. The molecule has 0 bridgehead atoms. The van der Waals surface area contributed by atoms with Crippen LogP contribution in [0.3, 0.4) is 0 Å². The van der Waals surface area contributed by atoms with E-state index in [1.54, 1.807) is 0 Å². The maximum atomic E-state index is 2.50. The van der Waals surface area contributed by atoms with E-state index in [1.807, 2.05) is 11.3 Å². The Hall–Kier alpha value is -7.00. The molecule has 296 valence electrons. The zero-order valence-electron chi connectivity index (χ0n) is 35.4. The lowest BCUT2D eigenvalue weighted by Gasteiger charge is -2.30. The second kappa shape index (κ2) is 13.8. The maximum absolute atomic E-state index is 2.50. The van der Waals surface area contributed by atoms with E-state index in [9.17, 15) is 0 Å². The molecule has 1 aromatic heterocycles. The van der Waals surface area contributed by atoms with Gasteiger partial charge in [0, 0.05) is 47.9 Å². The van der Waals surface area contributed by atoms with Crippen molar-refractivity contribution in [1.82, 2.24) is 0 Å². The maximum Gasteiger partial charge on any atom is 0.0540 e. The van der Waals surface area contributed by atoms with Crippen molar-refractivity contribution >= 4 is 48.6 Å². The van der Waals surface area contributed by atoms with Crippen LogP contribution in [0.4, 0.5) is 17.1 Å². The van der Waals surface area contributed by atoms with Gasteiger partial charge in [0.05, 0.1) is 5.69 Å². The largest absolute Gasteiger partial charge is 0.310 e. The fourth-order valence-corrected chi connectivity index (χ4v) is 12.2. The molecule has 2 aliphatic carbocycles. The molecule has 10 aromatic rings. The quantitative estimate of drug-likeness (QED) is 0.162. The number of rotatable bonds is 6. The van der Waals surface area contributed by atoms with Crippen LogP contribution in [0, 0.1) is 0 Å². The highest BCUT2D eigenvalue weighted by Crippen LogP contribution is 2.55. The summed E-state index contributed by atoms with van der Waals surface area (Å²) in [6.07, 6.45) is 0. The van der Waals surface area contributed by atoms with E-state index in [4.69, 9.17) is 0 Å². The molecule has 0 radical (unpaired) electrons. The first-order valence-corrected chi connectivity index (χ1v) is 22.6. The number of hydrogen-bond donors (Lipinski definition) is 0. The van der Waals surface area contributed by atoms with Gasteiger partial charge in [-0.1, -0.05) is 191 Å². The van der Waals surface area contributed by atoms with Crippen molar-refractivity contribution in [2.24, 2.45) is 0 Å². The molecule has 0 fully saturated rings. The topological polar surface area (TPSA) is 3.24 Å². The van der Waals surface area contributed by atoms with Gasteiger partial charge in [-0.05, 0) is 109 Å². The van der Waals surface area contributed by atoms with Gasteiger partial charge >= 0.3 is 0 Å². The van der Waals surface area contributed by atoms with Crippen LogP contribution in [0.2, 0.25) is 0 Å². The fourth-order valence-electron chi connectivity index (χ4n) is 11.0. The van der Waals surface area contributed by atoms with Gasteiger partial charge in [-0.15, -0.1) is 11.3 Å². The van der Waals surface area contributed by atoms with Crippen LogP contribution in [0.25, 0.3) is 75.8 Å². The lowest BCUT2D eigenvalue weighted by molar-refractivity contribution is 0.660. The molecule has 0 spiro atoms. The smallest absolute Gasteiger partial charge is 0.0540 e. The Balaban J connectivity index is 1.08. The molecule has 62 heavy (non-hydrogen) atoms. The average Bonchev–Trinajstić information content (AvgIpc) is 3.90. The summed E-state index contributed by atoms with van der Waals surface area (Å²) in [6, 6.07) is 74.8. The van der Waals surface area contributed by atoms with Crippen molar-refractivity contribution in [2.45, 2.75) is 38.5 Å². The fraction of sp³-hybridized carbons (Fsp3) is 0.100. The van der Waals surface area contributed by atoms with E-state index >= 15 is 0 Å². The van der Waals surface area contributed by atoms with Crippen molar-refractivity contribution < 1.29 is 0 Å². The summed E-state index contributed by atoms with van der Waals surface area (Å²) in [6.45, 7) is 9.50. The molecule has 1 heterocycles. The third kappa shape index (κ3) is 5.39. The zero-order chi connectivity index (χ0) is 41.7. The summed E-state index contributed by atoms with van der Waals surface area (Å²) in [5, 5.41) is 2.63. The third-order valence-electron chi connectivity index (χ3n) is 13.9. The summed E-state index contributed by atoms with van der Waals surface area (Å²) in [5.74, 6) is 0. The Labute approximate surface area is 368 Å². The first-order valence-electron chi connectivity index (χ1n) is 21.8. The van der Waals surface area contributed by atoms with Gasteiger partial charge in [0.15, 0.2) is 0 Å². The lowest BCUT2D eigenvalue weighted by Crippen LogP contribution is -2.16. The Bertz CT molecular complexity index is 3430. The van der Waals surface area contributed by atoms with Crippen LogP contribution < -0.4 is 4.90 Å². The molecule has 1 nitrogen and oxygen atoms in total. The molecule has 12 rings (SSSR count). The molecule has 0 atom stereocenters. The number of benzene rings is 9. The molecule has 0 saturated heterocycles. The van der Waals surface area contributed by atoms with E-state index < -0.39 is 0 Å². The standard InChI is InChI=1S/C60H45NS/c1-59(2)52-32-10-6-25-50(52)56-47(28-17-33-53(56)59)45-23-7-11-34-54(45)61(41-21-14-19-39(37-41)43-27-16-30-49-46-24-8-12-35-55(46)62-58(43)49)40-20-13-18-38(36-40)42-26-15-29-48-44-22-5-9-31-51(44)60(3,4)57(42)48/h5-37H,1-4H3. The van der Waals surface area contributed by atoms with Crippen LogP contribution in [-0.4, -0.2) is 0 Å². The number of nitrogens with zero attached hydrogens (tertiary/aromatic N) is 1. The molecule has 0 amide bonds. The van der Waals surface area contributed by atoms with E-state index in [-0.39, 0.29) is 10.8 Å². The normalized spacial score (nSPS) is 14.1. The van der Waals surface area contributed by atoms with E-state index in [0.717, 1.165) is 17.1 Å². The average molecular weight is 812 g/mol. The summed E-state index contributed by atoms with van der Waals surface area (Å²) in [5.41, 5.74) is 21.4. The SMILES string of the molecule is CC1(C)c2ccccc2-c2c(-c3ccccc3N(c3cccc(-c4cccc5c4C(C)(C)c4ccccc4-5)c3)c3cccc(-c4cccc5c4sc4ccccc45)c3)cccc21. The number of fused-ring (bicyclic) bond motifs is 9. The number of thiophene rings is 1. The molecule has 0 N–H and O–H groups in total. The Morgan fingerprint density at radius 1 is 0.371 bits per heavy atom. The van der Waals surface area contributed by atoms with Gasteiger partial charge in [-0.25, -0.2) is 0 Å². The van der Waals surface area contributed by atoms with E-state index in [1.165, 1.54) is 98.1 Å². The summed E-state index contributed by atoms with van der Waals surface area (Å²) < 4.78 is 2.64. The molecule has 0 unspecified atom stereocenters. The number of para-hydroxylation sites is 1. The summed E-state index contributed by atoms with van der Waals surface area (Å²) >= 11 is 1.89. The van der Waals surface area contributed by atoms with Crippen molar-refractivity contribution in [3.05, 3.63) is 222 Å². The van der Waals surface area contributed by atoms with E-state index in [2.05, 4.69) is 233 Å². The summed E-state index contributed by atoms with van der Waals surface area (Å²) in [4.78, 5) is 2.50. The van der Waals surface area contributed by atoms with Crippen molar-refractivity contribution in [1.29, 1.82) is 0 Å². The van der Waals surface area contributed by atoms with Crippen molar-refractivity contribution in [2.75, 3.05) is 4.90 Å². The first-order chi connectivity index (χ1) is 30.3. The minimum absolute atomic E-state index is 0.101. The van der Waals surface area contributed by atoms with Gasteiger partial charge < -0.3 is 4.90 Å². The molecule has 2 aliphatic rings. The van der Waals surface area contributed by atoms with Crippen LogP contribution in [0.5, 0.6) is 0 Å². The molecule has 9 aromatic carbocycles. The van der Waals surface area contributed by atoms with Gasteiger partial charge in [-0.3, -0.25) is 0 Å². The van der Waals surface area contributed by atoms with Crippen molar-refractivity contribution in [3.8, 4) is 55.6 Å². The molecule has 0 saturated carbocycles. The third-order valence-corrected chi connectivity index (χ3v) is 15.1. The monoisotopic (exact) mass is 811 g/mol. The Morgan fingerprint density at radius 2 is 0.887 bits per heavy atom. The highest BCUT2D eigenvalue weighted by atomic mass is 32.1. The molecule has 2 heteroatoms. The summed E-state index contributed by atoms with van der Waals surface area (Å²) in [7, 11) is 0. The highest BCUT2D eigenvalue weighted by Gasteiger charge is 2.38. The second-order valence-corrected chi connectivity index (χ2v) is 19.1. The second-order valence-electron chi connectivity index (χ2n) is 18.0. The van der Waals surface area contributed by atoms with Gasteiger partial charge in [0.25, 0.3) is 0 Å². The minimum Gasteiger partial charge on any atom is -0.310 e. The van der Waals surface area contributed by atoms with E-state index in [0.29, 0.717) is 0 Å². The number of anilines is 3. The van der Waals surface area contributed by atoms with Crippen molar-refractivity contribution in [3.63, 3.8) is 0 Å².